The highest BCUT2D eigenvalue weighted by Crippen LogP contribution is 2.25. The van der Waals surface area contributed by atoms with Crippen molar-refractivity contribution in [2.45, 2.75) is 32.0 Å². The van der Waals surface area contributed by atoms with Crippen molar-refractivity contribution in [2.24, 2.45) is 0 Å². The van der Waals surface area contributed by atoms with Crippen molar-refractivity contribution in [1.82, 2.24) is 4.90 Å². The molecule has 1 aromatic rings. The second-order valence-corrected chi connectivity index (χ2v) is 4.71. The number of nitrogens with two attached hydrogens (primary N) is 1. The Labute approximate surface area is 109 Å². The van der Waals surface area contributed by atoms with Gasteiger partial charge >= 0.3 is 6.18 Å². The summed E-state index contributed by atoms with van der Waals surface area (Å²) in [5.41, 5.74) is 8.30. The van der Waals surface area contributed by atoms with Gasteiger partial charge in [0, 0.05) is 25.2 Å². The Balaban J connectivity index is 1.99. The molecule has 1 amide bonds. The van der Waals surface area contributed by atoms with Crippen LogP contribution in [0.15, 0.2) is 18.2 Å². The fourth-order valence-electron chi connectivity index (χ4n) is 2.20. The molecular weight excluding hydrogens is 257 g/mol. The van der Waals surface area contributed by atoms with Crippen molar-refractivity contribution in [2.75, 3.05) is 12.3 Å². The molecule has 0 bridgehead atoms. The van der Waals surface area contributed by atoms with E-state index in [2.05, 4.69) is 0 Å². The van der Waals surface area contributed by atoms with Crippen LogP contribution in [0.2, 0.25) is 0 Å². The third-order valence-electron chi connectivity index (χ3n) is 3.22. The van der Waals surface area contributed by atoms with Gasteiger partial charge in [-0.2, -0.15) is 13.2 Å². The van der Waals surface area contributed by atoms with E-state index in [0.717, 1.165) is 11.1 Å². The maximum absolute atomic E-state index is 12.1. The Bertz CT molecular complexity index is 485. The van der Waals surface area contributed by atoms with Crippen LogP contribution in [-0.2, 0) is 17.8 Å². The monoisotopic (exact) mass is 272 g/mol. The molecule has 104 valence electrons. The number of halogens is 3. The van der Waals surface area contributed by atoms with Crippen LogP contribution in [0, 0.1) is 0 Å². The van der Waals surface area contributed by atoms with Crippen molar-refractivity contribution < 1.29 is 18.0 Å². The zero-order chi connectivity index (χ0) is 14.0. The SMILES string of the molecule is Nc1ccc2c(c1)CN(C(=O)CCC(F)(F)F)CC2. The van der Waals surface area contributed by atoms with Gasteiger partial charge in [0.2, 0.25) is 5.91 Å². The average Bonchev–Trinajstić information content (AvgIpc) is 2.34. The minimum absolute atomic E-state index is 0.344. The lowest BCUT2D eigenvalue weighted by molar-refractivity contribution is -0.149. The van der Waals surface area contributed by atoms with Crippen molar-refractivity contribution >= 4 is 11.6 Å². The first kappa shape index (κ1) is 13.7. The Hall–Kier alpha value is -1.72. The smallest absolute Gasteiger partial charge is 0.389 e. The van der Waals surface area contributed by atoms with Gasteiger partial charge in [0.15, 0.2) is 0 Å². The molecule has 19 heavy (non-hydrogen) atoms. The lowest BCUT2D eigenvalue weighted by Gasteiger charge is -2.29. The molecule has 0 aromatic heterocycles. The molecule has 1 aromatic carbocycles. The molecular formula is C13H15F3N2O. The summed E-state index contributed by atoms with van der Waals surface area (Å²) in [6.45, 7) is 0.810. The van der Waals surface area contributed by atoms with Gasteiger partial charge in [-0.25, -0.2) is 0 Å². The van der Waals surface area contributed by atoms with Crippen molar-refractivity contribution in [3.05, 3.63) is 29.3 Å². The number of carbonyl (C=O) groups is 1. The number of fused-ring (bicyclic) bond motifs is 1. The number of nitrogen functional groups attached to an aromatic ring is 1. The molecule has 0 fully saturated rings. The molecule has 0 saturated heterocycles. The summed E-state index contributed by atoms with van der Waals surface area (Å²) in [7, 11) is 0. The van der Waals surface area contributed by atoms with E-state index in [1.165, 1.54) is 4.90 Å². The van der Waals surface area contributed by atoms with E-state index in [9.17, 15) is 18.0 Å². The molecule has 0 saturated carbocycles. The Morgan fingerprint density at radius 2 is 2.05 bits per heavy atom. The number of nitrogens with zero attached hydrogens (tertiary/aromatic N) is 1. The van der Waals surface area contributed by atoms with E-state index in [1.807, 2.05) is 6.07 Å². The number of anilines is 1. The van der Waals surface area contributed by atoms with Crippen LogP contribution in [0.5, 0.6) is 0 Å². The highest BCUT2D eigenvalue weighted by Gasteiger charge is 2.30. The van der Waals surface area contributed by atoms with Crippen LogP contribution in [0.1, 0.15) is 24.0 Å². The molecule has 6 heteroatoms. The summed E-state index contributed by atoms with van der Waals surface area (Å²) in [6, 6.07) is 5.47. The zero-order valence-corrected chi connectivity index (χ0v) is 10.3. The summed E-state index contributed by atoms with van der Waals surface area (Å²) < 4.78 is 36.3. The van der Waals surface area contributed by atoms with Crippen LogP contribution < -0.4 is 5.73 Å². The molecule has 0 aliphatic carbocycles. The van der Waals surface area contributed by atoms with E-state index in [0.29, 0.717) is 25.2 Å². The summed E-state index contributed by atoms with van der Waals surface area (Å²) in [4.78, 5) is 13.2. The Morgan fingerprint density at radius 1 is 1.32 bits per heavy atom. The molecule has 0 spiro atoms. The first-order valence-corrected chi connectivity index (χ1v) is 6.07. The number of benzene rings is 1. The lowest BCUT2D eigenvalue weighted by Crippen LogP contribution is -2.36. The molecule has 3 nitrogen and oxygen atoms in total. The number of carbonyl (C=O) groups excluding carboxylic acids is 1. The third kappa shape index (κ3) is 3.62. The maximum Gasteiger partial charge on any atom is 0.389 e. The summed E-state index contributed by atoms with van der Waals surface area (Å²) >= 11 is 0. The minimum atomic E-state index is -4.28. The highest BCUT2D eigenvalue weighted by atomic mass is 19.4. The van der Waals surface area contributed by atoms with E-state index >= 15 is 0 Å². The maximum atomic E-state index is 12.1. The van der Waals surface area contributed by atoms with Crippen LogP contribution >= 0.6 is 0 Å². The van der Waals surface area contributed by atoms with Crippen LogP contribution in [0.25, 0.3) is 0 Å². The van der Waals surface area contributed by atoms with Gasteiger partial charge < -0.3 is 10.6 Å². The van der Waals surface area contributed by atoms with Gasteiger partial charge in [0.05, 0.1) is 6.42 Å². The number of alkyl halides is 3. The second kappa shape index (κ2) is 5.11. The second-order valence-electron chi connectivity index (χ2n) is 4.71. The summed E-state index contributed by atoms with van der Waals surface area (Å²) in [6.07, 6.45) is -5.17. The van der Waals surface area contributed by atoms with Crippen molar-refractivity contribution in [1.29, 1.82) is 0 Å². The fraction of sp³-hybridized carbons (Fsp3) is 0.462. The van der Waals surface area contributed by atoms with Gasteiger partial charge in [-0.05, 0) is 29.7 Å². The zero-order valence-electron chi connectivity index (χ0n) is 10.3. The molecule has 1 aliphatic rings. The van der Waals surface area contributed by atoms with Crippen molar-refractivity contribution in [3.63, 3.8) is 0 Å². The standard InChI is InChI=1S/C13H15F3N2O/c14-13(15,16)5-3-12(19)18-6-4-9-1-2-11(17)7-10(9)8-18/h1-2,7H,3-6,8,17H2. The van der Waals surface area contributed by atoms with Gasteiger partial charge in [-0.3, -0.25) is 4.79 Å². The normalized spacial score (nSPS) is 15.2. The van der Waals surface area contributed by atoms with E-state index < -0.39 is 24.9 Å². The predicted molar refractivity (Wildman–Crippen MR) is 65.3 cm³/mol. The minimum Gasteiger partial charge on any atom is -0.399 e. The van der Waals surface area contributed by atoms with Crippen LogP contribution in [-0.4, -0.2) is 23.5 Å². The van der Waals surface area contributed by atoms with Crippen LogP contribution in [0.4, 0.5) is 18.9 Å². The summed E-state index contributed by atoms with van der Waals surface area (Å²) in [5.74, 6) is -0.453. The Morgan fingerprint density at radius 3 is 2.74 bits per heavy atom. The molecule has 2 rings (SSSR count). The van der Waals surface area contributed by atoms with Gasteiger partial charge in [-0.15, -0.1) is 0 Å². The van der Waals surface area contributed by atoms with E-state index in [-0.39, 0.29) is 0 Å². The molecule has 1 heterocycles. The fourth-order valence-corrected chi connectivity index (χ4v) is 2.20. The van der Waals surface area contributed by atoms with Gasteiger partial charge in [0.25, 0.3) is 0 Å². The number of hydrogen-bond acceptors (Lipinski definition) is 2. The Kier molecular flexibility index (Phi) is 3.68. The predicted octanol–water partition coefficient (Wildman–Crippen LogP) is 2.50. The van der Waals surface area contributed by atoms with E-state index in [4.69, 9.17) is 5.73 Å². The largest absolute Gasteiger partial charge is 0.399 e. The lowest BCUT2D eigenvalue weighted by atomic mass is 9.99. The first-order chi connectivity index (χ1) is 8.85. The topological polar surface area (TPSA) is 46.3 Å². The molecule has 1 aliphatic heterocycles. The number of amides is 1. The van der Waals surface area contributed by atoms with E-state index in [1.54, 1.807) is 12.1 Å². The third-order valence-corrected chi connectivity index (χ3v) is 3.22. The quantitative estimate of drug-likeness (QED) is 0.841. The molecule has 0 unspecified atom stereocenters. The molecule has 0 atom stereocenters. The first-order valence-electron chi connectivity index (χ1n) is 6.07. The summed E-state index contributed by atoms with van der Waals surface area (Å²) in [5, 5.41) is 0. The molecule has 0 radical (unpaired) electrons. The van der Waals surface area contributed by atoms with Crippen molar-refractivity contribution in [3.8, 4) is 0 Å². The van der Waals surface area contributed by atoms with Gasteiger partial charge in [-0.1, -0.05) is 6.07 Å². The average molecular weight is 272 g/mol. The van der Waals surface area contributed by atoms with Crippen LogP contribution in [0.3, 0.4) is 0 Å². The highest BCUT2D eigenvalue weighted by molar-refractivity contribution is 5.76. The molecule has 2 N–H and O–H groups in total. The number of hydrogen-bond donors (Lipinski definition) is 1. The number of rotatable bonds is 2. The van der Waals surface area contributed by atoms with Gasteiger partial charge in [0.1, 0.15) is 0 Å².